The summed E-state index contributed by atoms with van der Waals surface area (Å²) in [4.78, 5) is 10.9. The number of nitrogens with one attached hydrogen (secondary N) is 1. The molecule has 0 atom stereocenters. The quantitative estimate of drug-likeness (QED) is 0.878. The molecule has 96 valence electrons. The van der Waals surface area contributed by atoms with Crippen LogP contribution >= 0.6 is 11.3 Å². The standard InChI is InChI=1S/C12H22N4S/c1-4-13-9-11-10(2)14-12(17-11)16-7-5-15(3)6-8-16/h13H,4-9H2,1-3H3. The van der Waals surface area contributed by atoms with Gasteiger partial charge in [0.05, 0.1) is 5.69 Å². The zero-order valence-corrected chi connectivity index (χ0v) is 11.8. The molecule has 2 rings (SSSR count). The van der Waals surface area contributed by atoms with Crippen molar-refractivity contribution < 1.29 is 0 Å². The molecule has 5 heteroatoms. The second-order valence-electron chi connectivity index (χ2n) is 4.58. The van der Waals surface area contributed by atoms with Crippen LogP contribution in [0.15, 0.2) is 0 Å². The van der Waals surface area contributed by atoms with Crippen molar-refractivity contribution in [2.45, 2.75) is 20.4 Å². The van der Waals surface area contributed by atoms with Crippen molar-refractivity contribution in [2.75, 3.05) is 44.7 Å². The summed E-state index contributed by atoms with van der Waals surface area (Å²) in [5.74, 6) is 0. The first kappa shape index (κ1) is 12.8. The van der Waals surface area contributed by atoms with E-state index in [0.29, 0.717) is 0 Å². The summed E-state index contributed by atoms with van der Waals surface area (Å²) in [7, 11) is 2.18. The number of aromatic nitrogens is 1. The van der Waals surface area contributed by atoms with E-state index in [1.54, 1.807) is 0 Å². The number of piperazine rings is 1. The molecule has 0 spiro atoms. The molecule has 0 radical (unpaired) electrons. The van der Waals surface area contributed by atoms with Gasteiger partial charge in [-0.25, -0.2) is 4.98 Å². The summed E-state index contributed by atoms with van der Waals surface area (Å²) >= 11 is 1.84. The Hall–Kier alpha value is -0.650. The van der Waals surface area contributed by atoms with Crippen molar-refractivity contribution in [1.82, 2.24) is 15.2 Å². The monoisotopic (exact) mass is 254 g/mol. The Kier molecular flexibility index (Phi) is 4.36. The predicted molar refractivity (Wildman–Crippen MR) is 73.9 cm³/mol. The van der Waals surface area contributed by atoms with Crippen LogP contribution in [-0.2, 0) is 6.54 Å². The van der Waals surface area contributed by atoms with Gasteiger partial charge in [-0.3, -0.25) is 0 Å². The normalized spacial score (nSPS) is 17.7. The molecule has 0 unspecified atom stereocenters. The molecule has 1 aliphatic rings. The molecule has 0 aliphatic carbocycles. The van der Waals surface area contributed by atoms with Crippen LogP contribution in [0.4, 0.5) is 5.13 Å². The van der Waals surface area contributed by atoms with Crippen molar-refractivity contribution in [3.05, 3.63) is 10.6 Å². The first-order valence-corrected chi connectivity index (χ1v) is 7.13. The topological polar surface area (TPSA) is 31.4 Å². The van der Waals surface area contributed by atoms with Gasteiger partial charge in [0.1, 0.15) is 0 Å². The Balaban J connectivity index is 2.01. The van der Waals surface area contributed by atoms with Crippen LogP contribution in [0.1, 0.15) is 17.5 Å². The lowest BCUT2D eigenvalue weighted by atomic mass is 10.3. The summed E-state index contributed by atoms with van der Waals surface area (Å²) in [5, 5.41) is 4.57. The van der Waals surface area contributed by atoms with Gasteiger partial charge < -0.3 is 15.1 Å². The molecule has 0 amide bonds. The predicted octanol–water partition coefficient (Wildman–Crippen LogP) is 1.31. The minimum absolute atomic E-state index is 0.952. The molecule has 1 N–H and O–H groups in total. The molecule has 0 bridgehead atoms. The lowest BCUT2D eigenvalue weighted by Crippen LogP contribution is -2.44. The number of likely N-dealkylation sites (N-methyl/N-ethyl adjacent to an activating group) is 1. The maximum atomic E-state index is 4.70. The third kappa shape index (κ3) is 3.18. The van der Waals surface area contributed by atoms with Gasteiger partial charge in [0, 0.05) is 37.6 Å². The Labute approximate surface area is 108 Å². The van der Waals surface area contributed by atoms with Gasteiger partial charge in [-0.15, -0.1) is 11.3 Å². The number of hydrogen-bond donors (Lipinski definition) is 1. The SMILES string of the molecule is CCNCc1sc(N2CCN(C)CC2)nc1C. The average Bonchev–Trinajstić information content (AvgIpc) is 2.69. The maximum absolute atomic E-state index is 4.70. The highest BCUT2D eigenvalue weighted by atomic mass is 32.1. The smallest absolute Gasteiger partial charge is 0.185 e. The van der Waals surface area contributed by atoms with E-state index in [0.717, 1.165) is 39.3 Å². The zero-order chi connectivity index (χ0) is 12.3. The zero-order valence-electron chi connectivity index (χ0n) is 11.0. The minimum Gasteiger partial charge on any atom is -0.346 e. The number of anilines is 1. The fourth-order valence-electron chi connectivity index (χ4n) is 1.95. The van der Waals surface area contributed by atoms with Crippen LogP contribution in [0.25, 0.3) is 0 Å². The van der Waals surface area contributed by atoms with Crippen LogP contribution in [0.5, 0.6) is 0 Å². The van der Waals surface area contributed by atoms with Gasteiger partial charge in [-0.2, -0.15) is 0 Å². The highest BCUT2D eigenvalue weighted by Crippen LogP contribution is 2.26. The van der Waals surface area contributed by atoms with Crippen molar-refractivity contribution >= 4 is 16.5 Å². The van der Waals surface area contributed by atoms with Crippen molar-refractivity contribution in [3.63, 3.8) is 0 Å². The van der Waals surface area contributed by atoms with Gasteiger partial charge in [0.25, 0.3) is 0 Å². The average molecular weight is 254 g/mol. The molecule has 1 aromatic rings. The first-order chi connectivity index (χ1) is 8.20. The van der Waals surface area contributed by atoms with Crippen LogP contribution in [0.2, 0.25) is 0 Å². The summed E-state index contributed by atoms with van der Waals surface area (Å²) in [5.41, 5.74) is 1.19. The Morgan fingerprint density at radius 1 is 1.29 bits per heavy atom. The second-order valence-corrected chi connectivity index (χ2v) is 5.64. The van der Waals surface area contributed by atoms with E-state index in [1.165, 1.54) is 15.7 Å². The first-order valence-electron chi connectivity index (χ1n) is 6.31. The Morgan fingerprint density at radius 3 is 2.65 bits per heavy atom. The molecule has 0 saturated carbocycles. The van der Waals surface area contributed by atoms with E-state index in [1.807, 2.05) is 11.3 Å². The Bertz CT molecular complexity index is 355. The van der Waals surface area contributed by atoms with E-state index in [-0.39, 0.29) is 0 Å². The summed E-state index contributed by atoms with van der Waals surface area (Å²) < 4.78 is 0. The van der Waals surface area contributed by atoms with Crippen LogP contribution < -0.4 is 10.2 Å². The molecule has 1 saturated heterocycles. The summed E-state index contributed by atoms with van der Waals surface area (Å²) in [6.07, 6.45) is 0. The Morgan fingerprint density at radius 2 is 2.00 bits per heavy atom. The van der Waals surface area contributed by atoms with Crippen LogP contribution in [0, 0.1) is 6.92 Å². The van der Waals surface area contributed by atoms with E-state index in [2.05, 4.69) is 36.0 Å². The molecule has 1 aliphatic heterocycles. The summed E-state index contributed by atoms with van der Waals surface area (Å²) in [6.45, 7) is 10.7. The largest absolute Gasteiger partial charge is 0.346 e. The van der Waals surface area contributed by atoms with Crippen molar-refractivity contribution in [3.8, 4) is 0 Å². The van der Waals surface area contributed by atoms with E-state index in [4.69, 9.17) is 4.98 Å². The second kappa shape index (κ2) is 5.80. The maximum Gasteiger partial charge on any atom is 0.185 e. The highest BCUT2D eigenvalue weighted by Gasteiger charge is 2.18. The molecule has 4 nitrogen and oxygen atoms in total. The van der Waals surface area contributed by atoms with E-state index >= 15 is 0 Å². The third-order valence-electron chi connectivity index (χ3n) is 3.19. The molecule has 17 heavy (non-hydrogen) atoms. The lowest BCUT2D eigenvalue weighted by Gasteiger charge is -2.32. The van der Waals surface area contributed by atoms with Crippen LogP contribution in [0.3, 0.4) is 0 Å². The fraction of sp³-hybridized carbons (Fsp3) is 0.750. The lowest BCUT2D eigenvalue weighted by molar-refractivity contribution is 0.312. The van der Waals surface area contributed by atoms with E-state index < -0.39 is 0 Å². The molecule has 0 aromatic carbocycles. The molecule has 1 aromatic heterocycles. The molecule has 2 heterocycles. The number of aryl methyl sites for hydroxylation is 1. The van der Waals surface area contributed by atoms with Crippen molar-refractivity contribution in [1.29, 1.82) is 0 Å². The molecular formula is C12H22N4S. The van der Waals surface area contributed by atoms with Gasteiger partial charge in [0.15, 0.2) is 5.13 Å². The fourth-order valence-corrected chi connectivity index (χ4v) is 3.03. The van der Waals surface area contributed by atoms with Gasteiger partial charge in [-0.05, 0) is 20.5 Å². The van der Waals surface area contributed by atoms with Crippen molar-refractivity contribution in [2.24, 2.45) is 0 Å². The van der Waals surface area contributed by atoms with Crippen LogP contribution in [-0.4, -0.2) is 49.7 Å². The number of hydrogen-bond acceptors (Lipinski definition) is 5. The number of rotatable bonds is 4. The number of nitrogens with zero attached hydrogens (tertiary/aromatic N) is 3. The molecule has 1 fully saturated rings. The minimum atomic E-state index is 0.952. The van der Waals surface area contributed by atoms with Gasteiger partial charge in [-0.1, -0.05) is 6.92 Å². The number of thiazole rings is 1. The van der Waals surface area contributed by atoms with Gasteiger partial charge in [0.2, 0.25) is 0 Å². The third-order valence-corrected chi connectivity index (χ3v) is 4.41. The highest BCUT2D eigenvalue weighted by molar-refractivity contribution is 7.15. The summed E-state index contributed by atoms with van der Waals surface area (Å²) in [6, 6.07) is 0. The van der Waals surface area contributed by atoms with E-state index in [9.17, 15) is 0 Å². The molecular weight excluding hydrogens is 232 g/mol. The van der Waals surface area contributed by atoms with Gasteiger partial charge >= 0.3 is 0 Å².